The van der Waals surface area contributed by atoms with Crippen molar-refractivity contribution < 1.29 is 19.1 Å². The largest absolute Gasteiger partial charge is 0.465 e. The van der Waals surface area contributed by atoms with Crippen LogP contribution in [0, 0.1) is 5.92 Å². The van der Waals surface area contributed by atoms with Crippen LogP contribution in [0.15, 0.2) is 0 Å². The zero-order chi connectivity index (χ0) is 15.6. The first-order chi connectivity index (χ1) is 9.03. The highest BCUT2D eigenvalue weighted by Gasteiger charge is 2.39. The standard InChI is InChI=1S/C14H27NO4Si/c1-14(2,3)20(4,5)19-9-10-8-11(16)6-7-12(10)15-13(17)18/h10,12,15H,6-9H2,1-5H3,(H,17,18)/t10-,12-/m0/s1. The van der Waals surface area contributed by atoms with Gasteiger partial charge in [-0.2, -0.15) is 0 Å². The lowest BCUT2D eigenvalue weighted by Crippen LogP contribution is -2.48. The Morgan fingerprint density at radius 2 is 2.05 bits per heavy atom. The Hall–Kier alpha value is -0.883. The van der Waals surface area contributed by atoms with Crippen LogP contribution >= 0.6 is 0 Å². The zero-order valence-corrected chi connectivity index (χ0v) is 14.2. The molecule has 0 heterocycles. The van der Waals surface area contributed by atoms with E-state index < -0.39 is 14.4 Å². The highest BCUT2D eigenvalue weighted by Crippen LogP contribution is 2.37. The summed E-state index contributed by atoms with van der Waals surface area (Å²) in [4.78, 5) is 22.4. The summed E-state index contributed by atoms with van der Waals surface area (Å²) in [7, 11) is -1.87. The van der Waals surface area contributed by atoms with Crippen molar-refractivity contribution in [3.63, 3.8) is 0 Å². The summed E-state index contributed by atoms with van der Waals surface area (Å²) in [5, 5.41) is 11.5. The first-order valence-corrected chi connectivity index (χ1v) is 10.1. The van der Waals surface area contributed by atoms with Crippen LogP contribution in [0.1, 0.15) is 40.0 Å². The molecule has 1 aliphatic rings. The lowest BCUT2D eigenvalue weighted by Gasteiger charge is -2.39. The molecule has 0 unspecified atom stereocenters. The zero-order valence-electron chi connectivity index (χ0n) is 13.2. The summed E-state index contributed by atoms with van der Waals surface area (Å²) in [5.41, 5.74) is 0. The van der Waals surface area contributed by atoms with Crippen molar-refractivity contribution in [2.24, 2.45) is 5.92 Å². The summed E-state index contributed by atoms with van der Waals surface area (Å²) < 4.78 is 6.15. The van der Waals surface area contributed by atoms with Crippen molar-refractivity contribution >= 4 is 20.2 Å². The average Bonchev–Trinajstić information content (AvgIpc) is 2.27. The molecule has 1 amide bonds. The summed E-state index contributed by atoms with van der Waals surface area (Å²) in [6, 6.07) is -0.171. The fourth-order valence-corrected chi connectivity index (χ4v) is 3.21. The Morgan fingerprint density at radius 1 is 1.45 bits per heavy atom. The third kappa shape index (κ3) is 4.59. The van der Waals surface area contributed by atoms with E-state index in [1.54, 1.807) is 0 Å². The van der Waals surface area contributed by atoms with Gasteiger partial charge in [0.05, 0.1) is 0 Å². The summed E-state index contributed by atoms with van der Waals surface area (Å²) in [6.45, 7) is 11.3. The van der Waals surface area contributed by atoms with E-state index in [9.17, 15) is 9.59 Å². The molecule has 1 fully saturated rings. The molecule has 1 saturated carbocycles. The molecule has 0 aromatic carbocycles. The van der Waals surface area contributed by atoms with Gasteiger partial charge in [0.25, 0.3) is 0 Å². The number of ketones is 1. The van der Waals surface area contributed by atoms with Crippen LogP contribution in [0.3, 0.4) is 0 Å². The molecule has 116 valence electrons. The lowest BCUT2D eigenvalue weighted by atomic mass is 9.84. The second-order valence-electron chi connectivity index (χ2n) is 7.17. The molecule has 1 rings (SSSR count). The van der Waals surface area contributed by atoms with Gasteiger partial charge in [-0.05, 0) is 24.6 Å². The molecule has 0 aliphatic heterocycles. The van der Waals surface area contributed by atoms with Gasteiger partial charge in [0.1, 0.15) is 5.78 Å². The van der Waals surface area contributed by atoms with Crippen LogP contribution in [-0.4, -0.2) is 37.9 Å². The van der Waals surface area contributed by atoms with E-state index in [1.807, 2.05) is 0 Å². The minimum Gasteiger partial charge on any atom is -0.465 e. The molecule has 2 atom stereocenters. The average molecular weight is 301 g/mol. The van der Waals surface area contributed by atoms with Crippen LogP contribution in [0.25, 0.3) is 0 Å². The highest BCUT2D eigenvalue weighted by atomic mass is 28.4. The fourth-order valence-electron chi connectivity index (χ4n) is 2.14. The van der Waals surface area contributed by atoms with E-state index in [0.717, 1.165) is 0 Å². The number of amides is 1. The van der Waals surface area contributed by atoms with Gasteiger partial charge in [-0.3, -0.25) is 4.79 Å². The molecule has 0 radical (unpaired) electrons. The molecule has 0 bridgehead atoms. The first-order valence-electron chi connectivity index (χ1n) is 7.18. The van der Waals surface area contributed by atoms with Crippen LogP contribution in [0.2, 0.25) is 18.1 Å². The van der Waals surface area contributed by atoms with Gasteiger partial charge in [-0.15, -0.1) is 0 Å². The highest BCUT2D eigenvalue weighted by molar-refractivity contribution is 6.74. The molecule has 0 aromatic rings. The lowest BCUT2D eigenvalue weighted by molar-refractivity contribution is -0.122. The second-order valence-corrected chi connectivity index (χ2v) is 12.0. The number of hydrogen-bond donors (Lipinski definition) is 2. The van der Waals surface area contributed by atoms with Crippen LogP contribution in [0.4, 0.5) is 4.79 Å². The van der Waals surface area contributed by atoms with E-state index in [-0.39, 0.29) is 22.8 Å². The molecule has 2 N–H and O–H groups in total. The van der Waals surface area contributed by atoms with Crippen LogP contribution in [-0.2, 0) is 9.22 Å². The van der Waals surface area contributed by atoms with Crippen molar-refractivity contribution in [2.75, 3.05) is 6.61 Å². The van der Waals surface area contributed by atoms with E-state index in [4.69, 9.17) is 9.53 Å². The van der Waals surface area contributed by atoms with Crippen molar-refractivity contribution in [1.82, 2.24) is 5.32 Å². The Labute approximate surface area is 122 Å². The van der Waals surface area contributed by atoms with Gasteiger partial charge < -0.3 is 14.8 Å². The Kier molecular flexibility index (Phi) is 5.37. The topological polar surface area (TPSA) is 75.6 Å². The first kappa shape index (κ1) is 17.2. The van der Waals surface area contributed by atoms with E-state index >= 15 is 0 Å². The van der Waals surface area contributed by atoms with Crippen molar-refractivity contribution in [3.05, 3.63) is 0 Å². The van der Waals surface area contributed by atoms with Gasteiger partial charge in [-0.25, -0.2) is 4.79 Å². The van der Waals surface area contributed by atoms with Gasteiger partial charge in [-0.1, -0.05) is 20.8 Å². The molecule has 1 aliphatic carbocycles. The monoisotopic (exact) mass is 301 g/mol. The number of carboxylic acid groups (broad SMARTS) is 1. The van der Waals surface area contributed by atoms with Crippen molar-refractivity contribution in [1.29, 1.82) is 0 Å². The van der Waals surface area contributed by atoms with E-state index in [0.29, 0.717) is 25.9 Å². The SMILES string of the molecule is CC(C)(C)[Si](C)(C)OC[C@@H]1CC(=O)CC[C@@H]1NC(=O)O. The van der Waals surface area contributed by atoms with Gasteiger partial charge >= 0.3 is 6.09 Å². The summed E-state index contributed by atoms with van der Waals surface area (Å²) in [6.07, 6.45) is 0.430. The normalized spacial score (nSPS) is 24.6. The molecular formula is C14H27NO4Si. The van der Waals surface area contributed by atoms with Gasteiger partial charge in [0, 0.05) is 31.4 Å². The Morgan fingerprint density at radius 3 is 2.55 bits per heavy atom. The maximum atomic E-state index is 11.6. The number of carbonyl (C=O) groups excluding carboxylic acids is 1. The molecule has 0 spiro atoms. The summed E-state index contributed by atoms with van der Waals surface area (Å²) in [5.74, 6) is 0.166. The predicted molar refractivity (Wildman–Crippen MR) is 80.4 cm³/mol. The molecule has 0 saturated heterocycles. The number of Topliss-reactive ketones (excluding diaryl/α,β-unsaturated/α-hetero) is 1. The Bertz CT molecular complexity index is 376. The second kappa shape index (κ2) is 6.26. The van der Waals surface area contributed by atoms with Gasteiger partial charge in [0.2, 0.25) is 0 Å². The third-order valence-corrected chi connectivity index (χ3v) is 9.07. The number of nitrogens with one attached hydrogen (secondary N) is 1. The molecule has 6 heteroatoms. The predicted octanol–water partition coefficient (Wildman–Crippen LogP) is 3.01. The van der Waals surface area contributed by atoms with E-state index in [1.165, 1.54) is 0 Å². The van der Waals surface area contributed by atoms with Crippen LogP contribution < -0.4 is 5.32 Å². The number of rotatable bonds is 4. The fraction of sp³-hybridized carbons (Fsp3) is 0.857. The van der Waals surface area contributed by atoms with Crippen molar-refractivity contribution in [3.8, 4) is 0 Å². The Balaban J connectivity index is 2.66. The molecule has 0 aromatic heterocycles. The summed E-state index contributed by atoms with van der Waals surface area (Å²) >= 11 is 0. The number of carbonyl (C=O) groups is 2. The minimum absolute atomic E-state index is 0.0403. The molecule has 20 heavy (non-hydrogen) atoms. The minimum atomic E-state index is -1.87. The maximum Gasteiger partial charge on any atom is 0.404 e. The van der Waals surface area contributed by atoms with E-state index in [2.05, 4.69) is 39.2 Å². The van der Waals surface area contributed by atoms with Crippen LogP contribution in [0.5, 0.6) is 0 Å². The number of hydrogen-bond acceptors (Lipinski definition) is 3. The smallest absolute Gasteiger partial charge is 0.404 e. The van der Waals surface area contributed by atoms with Gasteiger partial charge in [0.15, 0.2) is 8.32 Å². The molecule has 5 nitrogen and oxygen atoms in total. The quantitative estimate of drug-likeness (QED) is 0.783. The van der Waals surface area contributed by atoms with Crippen molar-refractivity contribution in [2.45, 2.75) is 64.2 Å². The third-order valence-electron chi connectivity index (χ3n) is 4.57. The maximum absolute atomic E-state index is 11.6. The molecular weight excluding hydrogens is 274 g/mol.